The molecule has 0 heterocycles. The number of nitrogens with one attached hydrogen (secondary N) is 2. The third-order valence-corrected chi connectivity index (χ3v) is 6.38. The molecule has 1 aliphatic rings. The Labute approximate surface area is 194 Å². The second-order valence-corrected chi connectivity index (χ2v) is 8.64. The lowest BCUT2D eigenvalue weighted by Crippen LogP contribution is -2.59. The molecule has 0 saturated heterocycles. The van der Waals surface area contributed by atoms with E-state index in [1.165, 1.54) is 0 Å². The molecule has 176 valence electrons. The molecular weight excluding hydrogens is 420 g/mol. The Morgan fingerprint density at radius 2 is 1.61 bits per heavy atom. The molecule has 0 fully saturated rings. The topological polar surface area (TPSA) is 105 Å². The van der Waals surface area contributed by atoms with E-state index in [-0.39, 0.29) is 18.9 Å². The molecule has 0 aromatic heterocycles. The van der Waals surface area contributed by atoms with Crippen LogP contribution in [0.5, 0.6) is 0 Å². The van der Waals surface area contributed by atoms with E-state index in [4.69, 9.17) is 4.74 Å². The van der Waals surface area contributed by atoms with Crippen molar-refractivity contribution in [1.29, 1.82) is 0 Å². The Hall–Kier alpha value is -3.35. The van der Waals surface area contributed by atoms with E-state index in [0.29, 0.717) is 12.8 Å². The zero-order valence-electron chi connectivity index (χ0n) is 19.4. The van der Waals surface area contributed by atoms with Crippen LogP contribution in [0.2, 0.25) is 0 Å². The Morgan fingerprint density at radius 3 is 2.12 bits per heavy atom. The highest BCUT2D eigenvalue weighted by Crippen LogP contribution is 2.44. The van der Waals surface area contributed by atoms with E-state index in [1.54, 1.807) is 13.8 Å². The van der Waals surface area contributed by atoms with Gasteiger partial charge in [0.15, 0.2) is 0 Å². The van der Waals surface area contributed by atoms with Gasteiger partial charge in [-0.05, 0) is 42.0 Å². The van der Waals surface area contributed by atoms with Crippen molar-refractivity contribution in [2.45, 2.75) is 64.0 Å². The standard InChI is InChI=1S/C26H32N2O5/c1-4-6-15-22(23(29)30)27-24(31)26(3,5-2)28-25(32)33-16-21-19-13-9-7-11-17(19)18-12-8-10-14-20(18)21/h7-14,21-22H,4-6,15-16H2,1-3H3,(H,27,31)(H,28,32)(H,29,30)/t22-,26?/m0/s1. The molecule has 2 aromatic carbocycles. The molecule has 3 rings (SSSR count). The molecule has 3 N–H and O–H groups in total. The van der Waals surface area contributed by atoms with Gasteiger partial charge in [0.2, 0.25) is 5.91 Å². The van der Waals surface area contributed by atoms with Gasteiger partial charge in [-0.2, -0.15) is 0 Å². The van der Waals surface area contributed by atoms with Crippen LogP contribution in [0.3, 0.4) is 0 Å². The first-order valence-electron chi connectivity index (χ1n) is 11.5. The van der Waals surface area contributed by atoms with Crippen molar-refractivity contribution in [1.82, 2.24) is 10.6 Å². The summed E-state index contributed by atoms with van der Waals surface area (Å²) in [6.45, 7) is 5.42. The summed E-state index contributed by atoms with van der Waals surface area (Å²) in [5.41, 5.74) is 3.17. The van der Waals surface area contributed by atoms with Gasteiger partial charge in [-0.25, -0.2) is 9.59 Å². The summed E-state index contributed by atoms with van der Waals surface area (Å²) >= 11 is 0. The van der Waals surface area contributed by atoms with Gasteiger partial charge in [-0.15, -0.1) is 0 Å². The van der Waals surface area contributed by atoms with Crippen molar-refractivity contribution in [2.24, 2.45) is 0 Å². The summed E-state index contributed by atoms with van der Waals surface area (Å²) in [7, 11) is 0. The van der Waals surface area contributed by atoms with E-state index in [2.05, 4.69) is 22.8 Å². The lowest BCUT2D eigenvalue weighted by Gasteiger charge is -2.29. The Kier molecular flexibility index (Phi) is 7.74. The number of carboxylic acids is 1. The number of alkyl carbamates (subject to hydrolysis) is 1. The minimum absolute atomic E-state index is 0.0877. The zero-order chi connectivity index (χ0) is 24.0. The normalized spacial score (nSPS) is 15.0. The summed E-state index contributed by atoms with van der Waals surface area (Å²) in [5, 5.41) is 14.6. The quantitative estimate of drug-likeness (QED) is 0.494. The van der Waals surface area contributed by atoms with Crippen molar-refractivity contribution >= 4 is 18.0 Å². The Balaban J connectivity index is 1.65. The minimum Gasteiger partial charge on any atom is -0.480 e. The maximum absolute atomic E-state index is 12.9. The zero-order valence-corrected chi connectivity index (χ0v) is 19.4. The molecule has 7 heteroatoms. The smallest absolute Gasteiger partial charge is 0.408 e. The molecule has 2 amide bonds. The molecule has 0 radical (unpaired) electrons. The van der Waals surface area contributed by atoms with Gasteiger partial charge >= 0.3 is 12.1 Å². The van der Waals surface area contributed by atoms with Crippen LogP contribution < -0.4 is 10.6 Å². The number of amides is 2. The van der Waals surface area contributed by atoms with Crippen LogP contribution in [0.1, 0.15) is 63.5 Å². The number of carbonyl (C=O) groups excluding carboxylic acids is 2. The summed E-state index contributed by atoms with van der Waals surface area (Å²) in [6, 6.07) is 15.1. The van der Waals surface area contributed by atoms with Gasteiger partial charge in [0.25, 0.3) is 0 Å². The second kappa shape index (κ2) is 10.5. The molecule has 0 bridgehead atoms. The third kappa shape index (κ3) is 5.35. The van der Waals surface area contributed by atoms with Gasteiger partial charge in [-0.1, -0.05) is 75.2 Å². The van der Waals surface area contributed by atoms with Gasteiger partial charge in [0.05, 0.1) is 0 Å². The number of hydrogen-bond donors (Lipinski definition) is 3. The van der Waals surface area contributed by atoms with Crippen molar-refractivity contribution in [3.05, 3.63) is 59.7 Å². The van der Waals surface area contributed by atoms with Crippen LogP contribution in [-0.2, 0) is 14.3 Å². The van der Waals surface area contributed by atoms with Crippen LogP contribution >= 0.6 is 0 Å². The molecule has 0 spiro atoms. The SMILES string of the molecule is CCCC[C@H](NC(=O)C(C)(CC)NC(=O)OCC1c2ccccc2-c2ccccc21)C(=O)O. The van der Waals surface area contributed by atoms with Crippen LogP contribution in [0.4, 0.5) is 4.79 Å². The monoisotopic (exact) mass is 452 g/mol. The van der Waals surface area contributed by atoms with Crippen LogP contribution in [0.15, 0.2) is 48.5 Å². The highest BCUT2D eigenvalue weighted by atomic mass is 16.5. The molecule has 2 atom stereocenters. The lowest BCUT2D eigenvalue weighted by molar-refractivity contribution is -0.143. The summed E-state index contributed by atoms with van der Waals surface area (Å²) in [4.78, 5) is 37.0. The van der Waals surface area contributed by atoms with Gasteiger partial charge in [0.1, 0.15) is 18.2 Å². The van der Waals surface area contributed by atoms with Gasteiger partial charge in [0, 0.05) is 5.92 Å². The molecule has 33 heavy (non-hydrogen) atoms. The number of ether oxygens (including phenoxy) is 1. The average Bonchev–Trinajstić information content (AvgIpc) is 3.13. The van der Waals surface area contributed by atoms with Crippen molar-refractivity contribution in [2.75, 3.05) is 6.61 Å². The fourth-order valence-electron chi connectivity index (χ4n) is 4.15. The number of carboxylic acid groups (broad SMARTS) is 1. The maximum atomic E-state index is 12.9. The molecule has 7 nitrogen and oxygen atoms in total. The first-order valence-corrected chi connectivity index (χ1v) is 11.5. The maximum Gasteiger partial charge on any atom is 0.408 e. The number of aliphatic carboxylic acids is 1. The average molecular weight is 453 g/mol. The molecule has 1 aliphatic carbocycles. The molecule has 0 saturated carbocycles. The molecule has 2 aromatic rings. The number of fused-ring (bicyclic) bond motifs is 3. The minimum atomic E-state index is -1.29. The van der Waals surface area contributed by atoms with Crippen LogP contribution in [0, 0.1) is 0 Å². The van der Waals surface area contributed by atoms with Crippen LogP contribution in [0.25, 0.3) is 11.1 Å². The fourth-order valence-corrected chi connectivity index (χ4v) is 4.15. The van der Waals surface area contributed by atoms with E-state index in [1.807, 2.05) is 43.3 Å². The van der Waals surface area contributed by atoms with Crippen LogP contribution in [-0.4, -0.2) is 41.3 Å². The third-order valence-electron chi connectivity index (χ3n) is 6.38. The number of rotatable bonds is 10. The highest BCUT2D eigenvalue weighted by molar-refractivity contribution is 5.92. The second-order valence-electron chi connectivity index (χ2n) is 8.64. The van der Waals surface area contributed by atoms with Gasteiger partial charge in [-0.3, -0.25) is 4.79 Å². The number of carbonyl (C=O) groups is 3. The van der Waals surface area contributed by atoms with E-state index < -0.39 is 29.6 Å². The lowest BCUT2D eigenvalue weighted by atomic mass is 9.96. The number of benzene rings is 2. The van der Waals surface area contributed by atoms with Gasteiger partial charge < -0.3 is 20.5 Å². The fraction of sp³-hybridized carbons (Fsp3) is 0.423. The predicted molar refractivity (Wildman–Crippen MR) is 126 cm³/mol. The largest absolute Gasteiger partial charge is 0.480 e. The Morgan fingerprint density at radius 1 is 1.03 bits per heavy atom. The van der Waals surface area contributed by atoms with Crippen molar-refractivity contribution in [3.8, 4) is 11.1 Å². The molecular formula is C26H32N2O5. The first-order chi connectivity index (χ1) is 15.8. The number of unbranched alkanes of at least 4 members (excludes halogenated alkanes) is 1. The summed E-state index contributed by atoms with van der Waals surface area (Å²) in [6.07, 6.45) is 1.41. The van der Waals surface area contributed by atoms with E-state index in [9.17, 15) is 19.5 Å². The van der Waals surface area contributed by atoms with Crippen molar-refractivity contribution < 1.29 is 24.2 Å². The van der Waals surface area contributed by atoms with Crippen molar-refractivity contribution in [3.63, 3.8) is 0 Å². The number of hydrogen-bond acceptors (Lipinski definition) is 4. The van der Waals surface area contributed by atoms with E-state index >= 15 is 0 Å². The van der Waals surface area contributed by atoms with E-state index in [0.717, 1.165) is 28.7 Å². The predicted octanol–water partition coefficient (Wildman–Crippen LogP) is 4.45. The first kappa shape index (κ1) is 24.3. The Bertz CT molecular complexity index is 976. The highest BCUT2D eigenvalue weighted by Gasteiger charge is 2.36. The summed E-state index contributed by atoms with van der Waals surface area (Å²) in [5.74, 6) is -1.71. The summed E-state index contributed by atoms with van der Waals surface area (Å²) < 4.78 is 5.56. The molecule has 0 aliphatic heterocycles. The molecule has 1 unspecified atom stereocenters.